The number of carbonyl (C=O) groups excluding carboxylic acids is 1. The molecule has 0 atom stereocenters. The van der Waals surface area contributed by atoms with Gasteiger partial charge in [0.25, 0.3) is 5.91 Å². The summed E-state index contributed by atoms with van der Waals surface area (Å²) in [7, 11) is 0. The highest BCUT2D eigenvalue weighted by Crippen LogP contribution is 2.14. The summed E-state index contributed by atoms with van der Waals surface area (Å²) in [5, 5.41) is 2.90. The lowest BCUT2D eigenvalue weighted by Crippen LogP contribution is -2.13. The molecule has 1 N–H and O–H groups in total. The van der Waals surface area contributed by atoms with Crippen molar-refractivity contribution < 1.29 is 4.79 Å². The number of amides is 1. The van der Waals surface area contributed by atoms with Crippen LogP contribution in [0.2, 0.25) is 0 Å². The third kappa shape index (κ3) is 3.58. The molecule has 98 valence electrons. The maximum Gasteiger partial charge on any atom is 0.255 e. The third-order valence-corrected chi connectivity index (χ3v) is 3.17. The predicted molar refractivity (Wildman–Crippen MR) is 80.0 cm³/mol. The smallest absolute Gasteiger partial charge is 0.255 e. The highest BCUT2D eigenvalue weighted by atomic mass is 35.5. The van der Waals surface area contributed by atoms with Crippen LogP contribution in [0.15, 0.2) is 48.5 Å². The van der Waals surface area contributed by atoms with Gasteiger partial charge in [-0.05, 0) is 42.7 Å². The van der Waals surface area contributed by atoms with Gasteiger partial charge in [-0.15, -0.1) is 11.6 Å². The molecule has 19 heavy (non-hydrogen) atoms. The summed E-state index contributed by atoms with van der Waals surface area (Å²) in [6.45, 7) is 1.93. The summed E-state index contributed by atoms with van der Waals surface area (Å²) < 4.78 is 0. The van der Waals surface area contributed by atoms with Crippen molar-refractivity contribution in [1.82, 2.24) is 0 Å². The Balaban J connectivity index is 2.09. The number of alkyl halides is 1. The van der Waals surface area contributed by atoms with Gasteiger partial charge in [0.15, 0.2) is 0 Å². The molecule has 0 aromatic heterocycles. The molecule has 0 heterocycles. The molecule has 0 radical (unpaired) electrons. The zero-order chi connectivity index (χ0) is 13.7. The first-order chi connectivity index (χ1) is 9.20. The molecule has 0 saturated heterocycles. The molecular weight excluding hydrogens is 258 g/mol. The van der Waals surface area contributed by atoms with Gasteiger partial charge in [0.05, 0.1) is 0 Å². The second-order valence-corrected chi connectivity index (χ2v) is 4.78. The Morgan fingerprint density at radius 2 is 1.79 bits per heavy atom. The van der Waals surface area contributed by atoms with E-state index >= 15 is 0 Å². The summed E-state index contributed by atoms with van der Waals surface area (Å²) >= 11 is 5.69. The van der Waals surface area contributed by atoms with E-state index in [-0.39, 0.29) is 5.91 Å². The molecule has 0 bridgehead atoms. The maximum atomic E-state index is 12.1. The minimum atomic E-state index is -0.0804. The highest BCUT2D eigenvalue weighted by molar-refractivity contribution is 6.18. The topological polar surface area (TPSA) is 29.1 Å². The third-order valence-electron chi connectivity index (χ3n) is 2.98. The molecule has 2 aromatic carbocycles. The van der Waals surface area contributed by atoms with E-state index < -0.39 is 0 Å². The normalized spacial score (nSPS) is 10.2. The minimum Gasteiger partial charge on any atom is -0.322 e. The van der Waals surface area contributed by atoms with Gasteiger partial charge in [-0.3, -0.25) is 4.79 Å². The van der Waals surface area contributed by atoms with Crippen LogP contribution in [0.3, 0.4) is 0 Å². The Labute approximate surface area is 118 Å². The number of benzene rings is 2. The van der Waals surface area contributed by atoms with Crippen molar-refractivity contribution in [3.05, 3.63) is 65.2 Å². The molecule has 0 unspecified atom stereocenters. The summed E-state index contributed by atoms with van der Waals surface area (Å²) in [6.07, 6.45) is 0.841. The van der Waals surface area contributed by atoms with E-state index in [1.165, 1.54) is 5.56 Å². The quantitative estimate of drug-likeness (QED) is 0.838. The van der Waals surface area contributed by atoms with Crippen LogP contribution in [0.25, 0.3) is 0 Å². The Kier molecular flexibility index (Phi) is 4.58. The van der Waals surface area contributed by atoms with Crippen molar-refractivity contribution in [3.63, 3.8) is 0 Å². The first-order valence-electron chi connectivity index (χ1n) is 6.22. The zero-order valence-electron chi connectivity index (χ0n) is 10.8. The van der Waals surface area contributed by atoms with Gasteiger partial charge in [-0.1, -0.05) is 30.3 Å². The van der Waals surface area contributed by atoms with E-state index in [1.54, 1.807) is 0 Å². The maximum absolute atomic E-state index is 12.1. The average molecular weight is 274 g/mol. The Morgan fingerprint density at radius 1 is 1.11 bits per heavy atom. The van der Waals surface area contributed by atoms with E-state index in [9.17, 15) is 4.79 Å². The number of nitrogens with one attached hydrogen (secondary N) is 1. The molecule has 3 heteroatoms. The Hall–Kier alpha value is -1.80. The summed E-state index contributed by atoms with van der Waals surface area (Å²) in [4.78, 5) is 12.1. The molecule has 0 aliphatic heterocycles. The van der Waals surface area contributed by atoms with Crippen molar-refractivity contribution in [2.45, 2.75) is 13.3 Å². The van der Waals surface area contributed by atoms with E-state index in [0.29, 0.717) is 11.4 Å². The van der Waals surface area contributed by atoms with Gasteiger partial charge in [0.2, 0.25) is 0 Å². The van der Waals surface area contributed by atoms with E-state index in [2.05, 4.69) is 5.32 Å². The molecule has 1 amide bonds. The first-order valence-corrected chi connectivity index (χ1v) is 6.76. The number of halogens is 1. The fourth-order valence-electron chi connectivity index (χ4n) is 1.89. The number of hydrogen-bond donors (Lipinski definition) is 1. The lowest BCUT2D eigenvalue weighted by molar-refractivity contribution is 0.102. The second kappa shape index (κ2) is 6.39. The van der Waals surface area contributed by atoms with Crippen molar-refractivity contribution in [2.24, 2.45) is 0 Å². The Morgan fingerprint density at radius 3 is 2.42 bits per heavy atom. The van der Waals surface area contributed by atoms with Gasteiger partial charge in [-0.2, -0.15) is 0 Å². The van der Waals surface area contributed by atoms with Crippen molar-refractivity contribution in [3.8, 4) is 0 Å². The largest absolute Gasteiger partial charge is 0.322 e. The standard InChI is InChI=1S/C16H16ClNO/c1-12-4-2-3-5-15(12)16(19)18-14-8-6-13(7-9-14)10-11-17/h2-9H,10-11H2,1H3,(H,18,19). The predicted octanol–water partition coefficient (Wildman–Crippen LogP) is 4.03. The fourth-order valence-corrected chi connectivity index (χ4v) is 2.11. The van der Waals surface area contributed by atoms with Crippen LogP contribution in [0, 0.1) is 6.92 Å². The second-order valence-electron chi connectivity index (χ2n) is 4.40. The van der Waals surface area contributed by atoms with Crippen molar-refractivity contribution in [2.75, 3.05) is 11.2 Å². The lowest BCUT2D eigenvalue weighted by Gasteiger charge is -2.08. The molecular formula is C16H16ClNO. The molecule has 0 fully saturated rings. The molecule has 2 nitrogen and oxygen atoms in total. The van der Waals surface area contributed by atoms with E-state index in [4.69, 9.17) is 11.6 Å². The van der Waals surface area contributed by atoms with Crippen LogP contribution in [0.5, 0.6) is 0 Å². The average Bonchev–Trinajstić information content (AvgIpc) is 2.42. The van der Waals surface area contributed by atoms with Crippen molar-refractivity contribution >= 4 is 23.2 Å². The monoisotopic (exact) mass is 273 g/mol. The lowest BCUT2D eigenvalue weighted by atomic mass is 10.1. The zero-order valence-corrected chi connectivity index (χ0v) is 11.6. The number of anilines is 1. The van der Waals surface area contributed by atoms with Crippen LogP contribution in [0.1, 0.15) is 21.5 Å². The molecule has 2 rings (SSSR count). The van der Waals surface area contributed by atoms with Crippen LogP contribution < -0.4 is 5.32 Å². The van der Waals surface area contributed by atoms with Gasteiger partial charge < -0.3 is 5.32 Å². The van der Waals surface area contributed by atoms with Gasteiger partial charge >= 0.3 is 0 Å². The molecule has 0 spiro atoms. The SMILES string of the molecule is Cc1ccccc1C(=O)Nc1ccc(CCCl)cc1. The highest BCUT2D eigenvalue weighted by Gasteiger charge is 2.08. The van der Waals surface area contributed by atoms with Crippen LogP contribution >= 0.6 is 11.6 Å². The molecule has 2 aromatic rings. The molecule has 0 saturated carbocycles. The number of aryl methyl sites for hydroxylation is 2. The summed E-state index contributed by atoms with van der Waals surface area (Å²) in [5.41, 5.74) is 3.64. The van der Waals surface area contributed by atoms with Gasteiger partial charge in [0, 0.05) is 17.1 Å². The summed E-state index contributed by atoms with van der Waals surface area (Å²) in [6, 6.07) is 15.3. The fraction of sp³-hybridized carbons (Fsp3) is 0.188. The van der Waals surface area contributed by atoms with Gasteiger partial charge in [0.1, 0.15) is 0 Å². The molecule has 0 aliphatic carbocycles. The number of carbonyl (C=O) groups is 1. The van der Waals surface area contributed by atoms with Crippen molar-refractivity contribution in [1.29, 1.82) is 0 Å². The Bertz CT molecular complexity index is 563. The van der Waals surface area contributed by atoms with Crippen LogP contribution in [0.4, 0.5) is 5.69 Å². The van der Waals surface area contributed by atoms with E-state index in [0.717, 1.165) is 17.7 Å². The summed E-state index contributed by atoms with van der Waals surface area (Å²) in [5.74, 6) is 0.526. The molecule has 0 aliphatic rings. The van der Waals surface area contributed by atoms with Gasteiger partial charge in [-0.25, -0.2) is 0 Å². The van der Waals surface area contributed by atoms with Crippen LogP contribution in [-0.4, -0.2) is 11.8 Å². The first kappa shape index (κ1) is 13.6. The van der Waals surface area contributed by atoms with E-state index in [1.807, 2.05) is 55.5 Å². The number of rotatable bonds is 4. The number of hydrogen-bond acceptors (Lipinski definition) is 1. The minimum absolute atomic E-state index is 0.0804. The van der Waals surface area contributed by atoms with Crippen LogP contribution in [-0.2, 0) is 6.42 Å².